The summed E-state index contributed by atoms with van der Waals surface area (Å²) < 4.78 is 13.4. The summed E-state index contributed by atoms with van der Waals surface area (Å²) in [6.07, 6.45) is 2.02. The number of hydrogen-bond donors (Lipinski definition) is 1. The van der Waals surface area contributed by atoms with Crippen LogP contribution in [-0.4, -0.2) is 28.6 Å². The summed E-state index contributed by atoms with van der Waals surface area (Å²) in [5.74, 6) is -1.38. The van der Waals surface area contributed by atoms with Crippen molar-refractivity contribution in [1.29, 1.82) is 0 Å². The highest BCUT2D eigenvalue weighted by molar-refractivity contribution is 5.80. The highest BCUT2D eigenvalue weighted by Gasteiger charge is 2.35. The van der Waals surface area contributed by atoms with Crippen LogP contribution in [0.4, 0.5) is 15.8 Å². The average molecular weight is 296 g/mol. The largest absolute Gasteiger partial charge is 0.480 e. The van der Waals surface area contributed by atoms with Gasteiger partial charge in [-0.1, -0.05) is 13.3 Å². The molecule has 1 heterocycles. The second kappa shape index (κ2) is 6.07. The number of hydrogen-bond acceptors (Lipinski definition) is 4. The number of piperidine rings is 1. The predicted molar refractivity (Wildman–Crippen MR) is 74.8 cm³/mol. The minimum atomic E-state index is -1.04. The molecule has 21 heavy (non-hydrogen) atoms. The van der Waals surface area contributed by atoms with Crippen LogP contribution in [0.5, 0.6) is 0 Å². The molecule has 114 valence electrons. The van der Waals surface area contributed by atoms with Crippen LogP contribution in [0, 0.1) is 21.8 Å². The number of aliphatic carboxylic acids is 1. The van der Waals surface area contributed by atoms with Crippen molar-refractivity contribution < 1.29 is 19.2 Å². The third-order valence-electron chi connectivity index (χ3n) is 4.02. The first kappa shape index (κ1) is 15.2. The summed E-state index contributed by atoms with van der Waals surface area (Å²) in [6, 6.07) is 2.27. The van der Waals surface area contributed by atoms with E-state index < -0.39 is 22.8 Å². The molecule has 0 radical (unpaired) electrons. The van der Waals surface area contributed by atoms with Crippen LogP contribution in [0.25, 0.3) is 0 Å². The van der Waals surface area contributed by atoms with Crippen LogP contribution in [0.1, 0.15) is 26.2 Å². The molecule has 7 heteroatoms. The summed E-state index contributed by atoms with van der Waals surface area (Å²) in [5.41, 5.74) is -0.223. The molecule has 1 N–H and O–H groups in total. The van der Waals surface area contributed by atoms with E-state index >= 15 is 0 Å². The topological polar surface area (TPSA) is 83.7 Å². The first-order valence-electron chi connectivity index (χ1n) is 6.87. The Morgan fingerprint density at radius 1 is 1.57 bits per heavy atom. The number of carboxylic acids is 1. The van der Waals surface area contributed by atoms with Gasteiger partial charge in [-0.2, -0.15) is 0 Å². The van der Waals surface area contributed by atoms with Gasteiger partial charge in [0.05, 0.1) is 4.92 Å². The van der Waals surface area contributed by atoms with E-state index in [0.717, 1.165) is 31.0 Å². The molecular weight excluding hydrogens is 279 g/mol. The Morgan fingerprint density at radius 3 is 2.86 bits per heavy atom. The van der Waals surface area contributed by atoms with Gasteiger partial charge in [0.25, 0.3) is 5.69 Å². The maximum Gasteiger partial charge on any atom is 0.326 e. The van der Waals surface area contributed by atoms with Crippen LogP contribution >= 0.6 is 0 Å². The lowest BCUT2D eigenvalue weighted by molar-refractivity contribution is -0.384. The normalized spacial score (nSPS) is 22.1. The molecule has 1 aliphatic rings. The van der Waals surface area contributed by atoms with Gasteiger partial charge >= 0.3 is 5.97 Å². The summed E-state index contributed by atoms with van der Waals surface area (Å²) in [6.45, 7) is 2.36. The molecule has 1 saturated heterocycles. The number of nitro groups is 1. The third kappa shape index (κ3) is 3.12. The van der Waals surface area contributed by atoms with E-state index in [9.17, 15) is 24.4 Å². The van der Waals surface area contributed by atoms with Gasteiger partial charge < -0.3 is 10.0 Å². The molecule has 0 aliphatic carbocycles. The minimum absolute atomic E-state index is 0.0435. The van der Waals surface area contributed by atoms with Crippen LogP contribution in [0.3, 0.4) is 0 Å². The zero-order chi connectivity index (χ0) is 15.6. The molecule has 1 aromatic carbocycles. The number of rotatable bonds is 4. The third-order valence-corrected chi connectivity index (χ3v) is 4.02. The average Bonchev–Trinajstić information content (AvgIpc) is 2.46. The zero-order valence-corrected chi connectivity index (χ0v) is 11.7. The van der Waals surface area contributed by atoms with E-state index in [1.165, 1.54) is 4.90 Å². The molecule has 2 atom stereocenters. The lowest BCUT2D eigenvalue weighted by atomic mass is 9.88. The first-order chi connectivity index (χ1) is 9.93. The van der Waals surface area contributed by atoms with E-state index in [2.05, 4.69) is 0 Å². The molecule has 1 aliphatic heterocycles. The quantitative estimate of drug-likeness (QED) is 0.682. The monoisotopic (exact) mass is 296 g/mol. The zero-order valence-electron chi connectivity index (χ0n) is 11.7. The molecule has 2 rings (SSSR count). The van der Waals surface area contributed by atoms with Crippen molar-refractivity contribution in [2.24, 2.45) is 5.92 Å². The molecule has 2 unspecified atom stereocenters. The number of carboxylic acid groups (broad SMARTS) is 1. The summed E-state index contributed by atoms with van der Waals surface area (Å²) >= 11 is 0. The molecular formula is C14H17FN2O4. The van der Waals surface area contributed by atoms with Crippen molar-refractivity contribution in [3.8, 4) is 0 Å². The highest BCUT2D eigenvalue weighted by Crippen LogP contribution is 2.35. The fourth-order valence-corrected chi connectivity index (χ4v) is 2.81. The van der Waals surface area contributed by atoms with Crippen LogP contribution in [0.2, 0.25) is 0 Å². The van der Waals surface area contributed by atoms with Gasteiger partial charge in [-0.25, -0.2) is 9.18 Å². The van der Waals surface area contributed by atoms with Crippen molar-refractivity contribution in [2.45, 2.75) is 32.2 Å². The van der Waals surface area contributed by atoms with Gasteiger partial charge in [0, 0.05) is 18.7 Å². The Hall–Kier alpha value is -2.18. The molecule has 0 aromatic heterocycles. The molecule has 0 saturated carbocycles. The fraction of sp³-hybridized carbons (Fsp3) is 0.500. The second-order valence-electron chi connectivity index (χ2n) is 5.24. The SMILES string of the molecule is CCC1CCN(c2cc(F)ccc2[N+](=O)[O-])C(C(=O)O)C1. The first-order valence-corrected chi connectivity index (χ1v) is 6.87. The van der Waals surface area contributed by atoms with Gasteiger partial charge in [0.2, 0.25) is 0 Å². The van der Waals surface area contributed by atoms with Crippen molar-refractivity contribution in [2.75, 3.05) is 11.4 Å². The van der Waals surface area contributed by atoms with Gasteiger partial charge in [-0.15, -0.1) is 0 Å². The van der Waals surface area contributed by atoms with Crippen molar-refractivity contribution >= 4 is 17.3 Å². The Morgan fingerprint density at radius 2 is 2.29 bits per heavy atom. The standard InChI is InChI=1S/C14H17FN2O4/c1-2-9-5-6-16(13(7-9)14(18)19)12-8-10(15)3-4-11(12)17(20)21/h3-4,8-9,13H,2,5-7H2,1H3,(H,18,19). The summed E-state index contributed by atoms with van der Waals surface area (Å²) in [5, 5.41) is 20.5. The Labute approximate surface area is 121 Å². The van der Waals surface area contributed by atoms with Crippen LogP contribution in [0.15, 0.2) is 18.2 Å². The van der Waals surface area contributed by atoms with Gasteiger partial charge in [0.1, 0.15) is 17.5 Å². The number of anilines is 1. The Kier molecular flexibility index (Phi) is 4.40. The smallest absolute Gasteiger partial charge is 0.326 e. The highest BCUT2D eigenvalue weighted by atomic mass is 19.1. The van der Waals surface area contributed by atoms with E-state index in [0.29, 0.717) is 13.0 Å². The van der Waals surface area contributed by atoms with E-state index in [4.69, 9.17) is 0 Å². The van der Waals surface area contributed by atoms with Crippen LogP contribution in [-0.2, 0) is 4.79 Å². The molecule has 1 aromatic rings. The van der Waals surface area contributed by atoms with Gasteiger partial charge in [-0.05, 0) is 24.8 Å². The lowest BCUT2D eigenvalue weighted by Gasteiger charge is -2.38. The van der Waals surface area contributed by atoms with E-state index in [1.807, 2.05) is 6.92 Å². The van der Waals surface area contributed by atoms with Gasteiger partial charge in [0.15, 0.2) is 0 Å². The Bertz CT molecular complexity index is 564. The maximum absolute atomic E-state index is 13.4. The van der Waals surface area contributed by atoms with Crippen LogP contribution < -0.4 is 4.90 Å². The van der Waals surface area contributed by atoms with Crippen molar-refractivity contribution in [1.82, 2.24) is 0 Å². The van der Waals surface area contributed by atoms with Gasteiger partial charge in [-0.3, -0.25) is 10.1 Å². The second-order valence-corrected chi connectivity index (χ2v) is 5.24. The minimum Gasteiger partial charge on any atom is -0.480 e. The molecule has 0 bridgehead atoms. The molecule has 0 amide bonds. The number of carbonyl (C=O) groups is 1. The van der Waals surface area contributed by atoms with Crippen molar-refractivity contribution in [3.63, 3.8) is 0 Å². The maximum atomic E-state index is 13.4. The molecule has 1 fully saturated rings. The fourth-order valence-electron chi connectivity index (χ4n) is 2.81. The lowest BCUT2D eigenvalue weighted by Crippen LogP contribution is -2.47. The summed E-state index contributed by atoms with van der Waals surface area (Å²) in [4.78, 5) is 23.4. The van der Waals surface area contributed by atoms with E-state index in [-0.39, 0.29) is 17.3 Å². The molecule has 6 nitrogen and oxygen atoms in total. The molecule has 0 spiro atoms. The summed E-state index contributed by atoms with van der Waals surface area (Å²) in [7, 11) is 0. The predicted octanol–water partition coefficient (Wildman–Crippen LogP) is 2.81. The number of benzene rings is 1. The number of nitro benzene ring substituents is 1. The number of nitrogens with zero attached hydrogens (tertiary/aromatic N) is 2. The van der Waals surface area contributed by atoms with Crippen molar-refractivity contribution in [3.05, 3.63) is 34.1 Å². The van der Waals surface area contributed by atoms with E-state index in [1.54, 1.807) is 0 Å². The Balaban J connectivity index is 2.41. The number of halogens is 1.